The van der Waals surface area contributed by atoms with Crippen molar-refractivity contribution < 1.29 is 14.3 Å². The molecular weight excluding hydrogens is 543 g/mol. The Kier molecular flexibility index (Phi) is 13.9. The maximum atomic E-state index is 11.5. The standard InChI is InChI=1S/C17H16N2O3.3C4H9.Sn/c1-11(16-7-4-8-22-16)19-15(17(20)21)9-12-10-18-14-6-3-2-5-13(12)14;3*1-3-4-2;/h2-8,10,15,18H,9H2,1H3,(H,20,21);3*1,3-4H2,2H3;. The Morgan fingerprint density at radius 1 is 1.00 bits per heavy atom. The van der Waals surface area contributed by atoms with Crippen molar-refractivity contribution >= 4 is 42.3 Å². The summed E-state index contributed by atoms with van der Waals surface area (Å²) < 4.78 is 10.3. The van der Waals surface area contributed by atoms with Crippen LogP contribution >= 0.6 is 0 Å². The molecule has 191 valence electrons. The van der Waals surface area contributed by atoms with Gasteiger partial charge < -0.3 is 14.5 Å². The molecule has 0 fully saturated rings. The van der Waals surface area contributed by atoms with Gasteiger partial charge in [-0.2, -0.15) is 0 Å². The van der Waals surface area contributed by atoms with Crippen molar-refractivity contribution in [3.05, 3.63) is 60.2 Å². The summed E-state index contributed by atoms with van der Waals surface area (Å²) in [6, 6.07) is 10.5. The summed E-state index contributed by atoms with van der Waals surface area (Å²) in [6.45, 7) is 8.76. The van der Waals surface area contributed by atoms with Gasteiger partial charge in [-0.25, -0.2) is 4.79 Å². The predicted octanol–water partition coefficient (Wildman–Crippen LogP) is 8.15. The number of fused-ring (bicyclic) bond motifs is 1. The van der Waals surface area contributed by atoms with E-state index in [1.165, 1.54) is 38.5 Å². The van der Waals surface area contributed by atoms with Gasteiger partial charge >= 0.3 is 98.3 Å². The first-order valence-electron chi connectivity index (χ1n) is 13.2. The van der Waals surface area contributed by atoms with Crippen LogP contribution in [0.1, 0.15) is 77.5 Å². The third-order valence-electron chi connectivity index (χ3n) is 6.25. The van der Waals surface area contributed by atoms with Gasteiger partial charge in [-0.15, -0.1) is 0 Å². The predicted molar refractivity (Wildman–Crippen MR) is 149 cm³/mol. The van der Waals surface area contributed by atoms with Crippen molar-refractivity contribution in [1.82, 2.24) is 4.98 Å². The van der Waals surface area contributed by atoms with Crippen molar-refractivity contribution in [1.29, 1.82) is 0 Å². The summed E-state index contributed by atoms with van der Waals surface area (Å²) >= 11 is -0.839. The number of furan rings is 1. The van der Waals surface area contributed by atoms with Crippen LogP contribution in [0.25, 0.3) is 10.9 Å². The molecular formula is C29H43N2O3Sn. The average molecular weight is 586 g/mol. The molecule has 0 spiro atoms. The molecule has 3 aromatic rings. The van der Waals surface area contributed by atoms with Gasteiger partial charge in [-0.1, -0.05) is 18.2 Å². The number of para-hydroxylation sites is 1. The zero-order valence-electron chi connectivity index (χ0n) is 22.0. The minimum absolute atomic E-state index is 0.331. The molecule has 0 saturated carbocycles. The number of unbranched alkanes of at least 4 members (excludes halogenated alkanes) is 3. The van der Waals surface area contributed by atoms with E-state index in [1.54, 1.807) is 38.6 Å². The molecule has 0 aliphatic heterocycles. The van der Waals surface area contributed by atoms with Crippen LogP contribution in [0.5, 0.6) is 0 Å². The average Bonchev–Trinajstić information content (AvgIpc) is 3.54. The van der Waals surface area contributed by atoms with Crippen LogP contribution in [0.4, 0.5) is 0 Å². The summed E-state index contributed by atoms with van der Waals surface area (Å²) in [5.74, 6) is -0.360. The normalized spacial score (nSPS) is 12.5. The van der Waals surface area contributed by atoms with Crippen LogP contribution in [0.15, 0.2) is 58.3 Å². The zero-order chi connectivity index (χ0) is 25.5. The molecule has 0 amide bonds. The van der Waals surface area contributed by atoms with E-state index < -0.39 is 31.8 Å². The van der Waals surface area contributed by atoms with Crippen molar-refractivity contribution in [2.24, 2.45) is 4.99 Å². The van der Waals surface area contributed by atoms with Crippen molar-refractivity contribution in [2.75, 3.05) is 0 Å². The van der Waals surface area contributed by atoms with Gasteiger partial charge in [0.1, 0.15) is 5.76 Å². The van der Waals surface area contributed by atoms with Crippen LogP contribution in [0, 0.1) is 0 Å². The molecule has 2 aromatic heterocycles. The number of aromatic amines is 1. The van der Waals surface area contributed by atoms with Gasteiger partial charge in [-0.3, -0.25) is 4.99 Å². The quantitative estimate of drug-likeness (QED) is 0.148. The topological polar surface area (TPSA) is 78.6 Å². The van der Waals surface area contributed by atoms with E-state index in [2.05, 4.69) is 30.7 Å². The van der Waals surface area contributed by atoms with E-state index in [-0.39, 0.29) is 0 Å². The molecule has 35 heavy (non-hydrogen) atoms. The first-order valence-corrected chi connectivity index (χ1v) is 19.2. The second-order valence-corrected chi connectivity index (χ2v) is 17.7. The van der Waals surface area contributed by atoms with E-state index in [0.29, 0.717) is 17.9 Å². The van der Waals surface area contributed by atoms with Crippen molar-refractivity contribution in [3.63, 3.8) is 0 Å². The number of H-pyrrole nitrogens is 1. The molecule has 1 radical (unpaired) electrons. The Labute approximate surface area is 218 Å². The Morgan fingerprint density at radius 3 is 2.17 bits per heavy atom. The first kappa shape index (κ1) is 29.2. The molecule has 0 saturated heterocycles. The Bertz CT molecular complexity index is 991. The van der Waals surface area contributed by atoms with Crippen LogP contribution in [0.2, 0.25) is 13.3 Å². The van der Waals surface area contributed by atoms with E-state index >= 15 is 0 Å². The number of aliphatic imine (C=N–C) groups is 1. The van der Waals surface area contributed by atoms with E-state index in [1.807, 2.05) is 30.5 Å². The third-order valence-corrected chi connectivity index (χ3v) is 15.3. The van der Waals surface area contributed by atoms with E-state index in [0.717, 1.165) is 16.5 Å². The molecule has 5 nitrogen and oxygen atoms in total. The number of hydrogen-bond acceptors (Lipinski definition) is 3. The van der Waals surface area contributed by atoms with E-state index in [4.69, 9.17) is 4.42 Å². The summed E-state index contributed by atoms with van der Waals surface area (Å²) in [7, 11) is 0. The Morgan fingerprint density at radius 2 is 1.63 bits per heavy atom. The fraction of sp³-hybridized carbons (Fsp3) is 0.517. The number of carboxylic acids is 1. The molecule has 0 bridgehead atoms. The summed E-state index contributed by atoms with van der Waals surface area (Å²) in [5, 5.41) is 10.5. The molecule has 6 heteroatoms. The first-order chi connectivity index (χ1) is 17.0. The monoisotopic (exact) mass is 587 g/mol. The Balaban J connectivity index is 0.000000287. The fourth-order valence-electron chi connectivity index (χ4n) is 4.13. The fourth-order valence-corrected chi connectivity index (χ4v) is 13.6. The van der Waals surface area contributed by atoms with Crippen LogP contribution in [-0.2, 0) is 11.2 Å². The number of rotatable bonds is 14. The van der Waals surface area contributed by atoms with Gasteiger partial charge in [0.2, 0.25) is 0 Å². The van der Waals surface area contributed by atoms with Crippen molar-refractivity contribution in [2.45, 2.75) is 92.0 Å². The SMILES string of the molecule is CC(=NC(Cc1c[nH]c2ccccc12)C(=O)O)c1ccco1.CCC[CH2][Sn]([CH2]CCC)[CH2]CCC. The van der Waals surface area contributed by atoms with Gasteiger partial charge in [0.15, 0.2) is 6.04 Å². The van der Waals surface area contributed by atoms with E-state index in [9.17, 15) is 9.90 Å². The van der Waals surface area contributed by atoms with Crippen LogP contribution in [-0.4, -0.2) is 47.6 Å². The number of nitrogens with zero attached hydrogens (tertiary/aromatic N) is 1. The summed E-state index contributed by atoms with van der Waals surface area (Å²) in [4.78, 5) is 19.0. The molecule has 2 N–H and O–H groups in total. The third kappa shape index (κ3) is 10.2. The molecule has 0 aliphatic carbocycles. The molecule has 0 aliphatic rings. The number of carbonyl (C=O) groups is 1. The summed E-state index contributed by atoms with van der Waals surface area (Å²) in [6.07, 6.45) is 12.6. The van der Waals surface area contributed by atoms with Gasteiger partial charge in [-0.05, 0) is 30.7 Å². The maximum absolute atomic E-state index is 11.5. The van der Waals surface area contributed by atoms with Crippen molar-refractivity contribution in [3.8, 4) is 0 Å². The summed E-state index contributed by atoms with van der Waals surface area (Å²) in [5.41, 5.74) is 2.52. The van der Waals surface area contributed by atoms with Gasteiger partial charge in [0, 0.05) is 23.5 Å². The Hall–Kier alpha value is -2.02. The number of hydrogen-bond donors (Lipinski definition) is 2. The number of aromatic nitrogens is 1. The minimum atomic E-state index is -0.948. The van der Waals surface area contributed by atoms with Crippen LogP contribution < -0.4 is 0 Å². The number of nitrogens with one attached hydrogen (secondary N) is 1. The molecule has 1 unspecified atom stereocenters. The van der Waals surface area contributed by atoms with Gasteiger partial charge in [0.05, 0.1) is 12.0 Å². The number of aliphatic carboxylic acids is 1. The van der Waals surface area contributed by atoms with Crippen LogP contribution in [0.3, 0.4) is 0 Å². The second-order valence-electron chi connectivity index (χ2n) is 9.17. The number of benzene rings is 1. The van der Waals surface area contributed by atoms with Gasteiger partial charge in [0.25, 0.3) is 0 Å². The second kappa shape index (κ2) is 16.6. The molecule has 1 atom stereocenters. The molecule has 2 heterocycles. The zero-order valence-corrected chi connectivity index (χ0v) is 24.8. The number of carboxylic acid groups (broad SMARTS) is 1. The molecule has 1 aromatic carbocycles. The molecule has 3 rings (SSSR count).